The van der Waals surface area contributed by atoms with Crippen molar-refractivity contribution in [3.8, 4) is 0 Å². The third-order valence-corrected chi connectivity index (χ3v) is 2.02. The van der Waals surface area contributed by atoms with Gasteiger partial charge in [-0.2, -0.15) is 0 Å². The molecule has 4 heteroatoms. The first-order valence-electron chi connectivity index (χ1n) is 4.80. The summed E-state index contributed by atoms with van der Waals surface area (Å²) in [6.45, 7) is 0. The molecule has 0 spiro atoms. The summed E-state index contributed by atoms with van der Waals surface area (Å²) in [5.41, 5.74) is 0.473. The van der Waals surface area contributed by atoms with Gasteiger partial charge < -0.3 is 4.74 Å². The molecule has 0 radical (unpaired) electrons. The first-order chi connectivity index (χ1) is 7.63. The number of ketones is 2. The van der Waals surface area contributed by atoms with Gasteiger partial charge in [-0.15, -0.1) is 0 Å². The van der Waals surface area contributed by atoms with E-state index in [9.17, 15) is 14.4 Å². The van der Waals surface area contributed by atoms with Crippen LogP contribution in [-0.4, -0.2) is 24.6 Å². The van der Waals surface area contributed by atoms with Crippen LogP contribution in [0.2, 0.25) is 0 Å². The highest BCUT2D eigenvalue weighted by atomic mass is 16.5. The number of hydrogen-bond donors (Lipinski definition) is 0. The Morgan fingerprint density at radius 1 is 1.06 bits per heavy atom. The minimum Gasteiger partial charge on any atom is -0.469 e. The van der Waals surface area contributed by atoms with Crippen molar-refractivity contribution in [3.63, 3.8) is 0 Å². The standard InChI is InChI=1S/C12H12O4/c1-16-12(15)8-10(13)7-11(14)9-5-3-2-4-6-9/h2-6H,7-8H2,1H3. The van der Waals surface area contributed by atoms with E-state index in [1.807, 2.05) is 0 Å². The maximum absolute atomic E-state index is 11.6. The van der Waals surface area contributed by atoms with Gasteiger partial charge in [0.15, 0.2) is 11.6 Å². The Morgan fingerprint density at radius 2 is 1.69 bits per heavy atom. The molecular weight excluding hydrogens is 208 g/mol. The van der Waals surface area contributed by atoms with Gasteiger partial charge in [0, 0.05) is 5.56 Å². The predicted octanol–water partition coefficient (Wildman–Crippen LogP) is 1.39. The number of rotatable bonds is 5. The molecular formula is C12H12O4. The van der Waals surface area contributed by atoms with Crippen LogP contribution in [0.1, 0.15) is 23.2 Å². The normalized spacial score (nSPS) is 9.56. The molecule has 0 heterocycles. The number of Topliss-reactive ketones (excluding diaryl/α,β-unsaturated/α-hetero) is 2. The molecule has 0 aromatic heterocycles. The van der Waals surface area contributed by atoms with E-state index in [4.69, 9.17) is 0 Å². The Balaban J connectivity index is 2.52. The molecule has 0 aliphatic rings. The number of esters is 1. The molecule has 4 nitrogen and oxygen atoms in total. The Bertz CT molecular complexity index is 395. The molecule has 0 aliphatic heterocycles. The zero-order valence-electron chi connectivity index (χ0n) is 8.93. The number of ether oxygens (including phenoxy) is 1. The zero-order valence-corrected chi connectivity index (χ0v) is 8.93. The fraction of sp³-hybridized carbons (Fsp3) is 0.250. The van der Waals surface area contributed by atoms with E-state index in [0.29, 0.717) is 5.56 Å². The second kappa shape index (κ2) is 5.80. The van der Waals surface area contributed by atoms with Crippen molar-refractivity contribution in [1.29, 1.82) is 0 Å². The van der Waals surface area contributed by atoms with Crippen LogP contribution < -0.4 is 0 Å². The smallest absolute Gasteiger partial charge is 0.313 e. The Hall–Kier alpha value is -1.97. The predicted molar refractivity (Wildman–Crippen MR) is 57.0 cm³/mol. The molecule has 0 aliphatic carbocycles. The van der Waals surface area contributed by atoms with Gasteiger partial charge >= 0.3 is 5.97 Å². The van der Waals surface area contributed by atoms with E-state index in [1.165, 1.54) is 7.11 Å². The second-order valence-electron chi connectivity index (χ2n) is 3.26. The maximum Gasteiger partial charge on any atom is 0.313 e. The second-order valence-corrected chi connectivity index (χ2v) is 3.26. The Kier molecular flexibility index (Phi) is 4.39. The average molecular weight is 220 g/mol. The largest absolute Gasteiger partial charge is 0.469 e. The van der Waals surface area contributed by atoms with Crippen LogP contribution in [0.3, 0.4) is 0 Å². The van der Waals surface area contributed by atoms with Crippen LogP contribution in [0, 0.1) is 0 Å². The van der Waals surface area contributed by atoms with E-state index < -0.39 is 11.8 Å². The molecule has 0 amide bonds. The van der Waals surface area contributed by atoms with Gasteiger partial charge in [-0.05, 0) is 0 Å². The van der Waals surface area contributed by atoms with Gasteiger partial charge in [-0.1, -0.05) is 30.3 Å². The number of carbonyl (C=O) groups is 3. The number of methoxy groups -OCH3 is 1. The highest BCUT2D eigenvalue weighted by molar-refractivity contribution is 6.11. The molecule has 0 saturated carbocycles. The highest BCUT2D eigenvalue weighted by Gasteiger charge is 2.14. The summed E-state index contributed by atoms with van der Waals surface area (Å²) < 4.78 is 4.34. The lowest BCUT2D eigenvalue weighted by Gasteiger charge is -2.00. The van der Waals surface area contributed by atoms with Gasteiger partial charge in [-0.3, -0.25) is 14.4 Å². The van der Waals surface area contributed by atoms with Crippen molar-refractivity contribution in [2.45, 2.75) is 12.8 Å². The first-order valence-corrected chi connectivity index (χ1v) is 4.80. The molecule has 1 rings (SSSR count). The van der Waals surface area contributed by atoms with Gasteiger partial charge in [0.25, 0.3) is 0 Å². The molecule has 0 N–H and O–H groups in total. The molecule has 0 atom stereocenters. The maximum atomic E-state index is 11.6. The highest BCUT2D eigenvalue weighted by Crippen LogP contribution is 2.04. The van der Waals surface area contributed by atoms with Gasteiger partial charge in [0.05, 0.1) is 13.5 Å². The molecule has 0 bridgehead atoms. The molecule has 0 fully saturated rings. The summed E-state index contributed by atoms with van der Waals surface area (Å²) in [5, 5.41) is 0. The third-order valence-electron chi connectivity index (χ3n) is 2.02. The van der Waals surface area contributed by atoms with E-state index in [-0.39, 0.29) is 18.6 Å². The molecule has 0 unspecified atom stereocenters. The SMILES string of the molecule is COC(=O)CC(=O)CC(=O)c1ccccc1. The summed E-state index contributed by atoms with van der Waals surface area (Å²) in [6, 6.07) is 8.49. The first kappa shape index (κ1) is 12.1. The van der Waals surface area contributed by atoms with Crippen molar-refractivity contribution in [3.05, 3.63) is 35.9 Å². The number of carbonyl (C=O) groups excluding carboxylic acids is 3. The van der Waals surface area contributed by atoms with E-state index in [2.05, 4.69) is 4.74 Å². The lowest BCUT2D eigenvalue weighted by atomic mass is 10.0. The van der Waals surface area contributed by atoms with Gasteiger partial charge in [0.2, 0.25) is 0 Å². The van der Waals surface area contributed by atoms with Gasteiger partial charge in [-0.25, -0.2) is 0 Å². The van der Waals surface area contributed by atoms with Gasteiger partial charge in [0.1, 0.15) is 6.42 Å². The minimum absolute atomic E-state index is 0.265. The van der Waals surface area contributed by atoms with Crippen LogP contribution in [0.25, 0.3) is 0 Å². The Labute approximate surface area is 93.2 Å². The van der Waals surface area contributed by atoms with Crippen molar-refractivity contribution in [2.24, 2.45) is 0 Å². The van der Waals surface area contributed by atoms with E-state index in [1.54, 1.807) is 30.3 Å². The van der Waals surface area contributed by atoms with Crippen LogP contribution in [0.4, 0.5) is 0 Å². The zero-order chi connectivity index (χ0) is 12.0. The fourth-order valence-electron chi connectivity index (χ4n) is 1.20. The molecule has 1 aromatic rings. The third kappa shape index (κ3) is 3.65. The molecule has 16 heavy (non-hydrogen) atoms. The van der Waals surface area contributed by atoms with Crippen LogP contribution in [0.15, 0.2) is 30.3 Å². The van der Waals surface area contributed by atoms with Crippen molar-refractivity contribution in [1.82, 2.24) is 0 Å². The van der Waals surface area contributed by atoms with Crippen LogP contribution in [-0.2, 0) is 14.3 Å². The quantitative estimate of drug-likeness (QED) is 0.427. The summed E-state index contributed by atoms with van der Waals surface area (Å²) >= 11 is 0. The summed E-state index contributed by atoms with van der Waals surface area (Å²) in [7, 11) is 1.20. The molecule has 1 aromatic carbocycles. The topological polar surface area (TPSA) is 60.4 Å². The van der Waals surface area contributed by atoms with Crippen LogP contribution >= 0.6 is 0 Å². The van der Waals surface area contributed by atoms with E-state index >= 15 is 0 Å². The summed E-state index contributed by atoms with van der Waals surface area (Å²) in [4.78, 5) is 33.6. The monoisotopic (exact) mass is 220 g/mol. The Morgan fingerprint density at radius 3 is 2.25 bits per heavy atom. The average Bonchev–Trinajstić information content (AvgIpc) is 2.29. The number of hydrogen-bond acceptors (Lipinski definition) is 4. The van der Waals surface area contributed by atoms with Crippen LogP contribution in [0.5, 0.6) is 0 Å². The van der Waals surface area contributed by atoms with Crippen molar-refractivity contribution < 1.29 is 19.1 Å². The number of benzene rings is 1. The van der Waals surface area contributed by atoms with E-state index in [0.717, 1.165) is 0 Å². The van der Waals surface area contributed by atoms with Crippen molar-refractivity contribution >= 4 is 17.5 Å². The van der Waals surface area contributed by atoms with Crippen molar-refractivity contribution in [2.75, 3.05) is 7.11 Å². The lowest BCUT2D eigenvalue weighted by Crippen LogP contribution is -2.13. The molecule has 84 valence electrons. The minimum atomic E-state index is -0.620. The summed E-state index contributed by atoms with van der Waals surface area (Å²) in [6.07, 6.45) is -0.617. The summed E-state index contributed by atoms with van der Waals surface area (Å²) in [5.74, 6) is -1.33. The lowest BCUT2D eigenvalue weighted by molar-refractivity contribution is -0.143. The fourth-order valence-corrected chi connectivity index (χ4v) is 1.20. The molecule has 0 saturated heterocycles.